The number of hydrogen-bond donors (Lipinski definition) is 1. The maximum Gasteiger partial charge on any atom is 0.341 e. The molecule has 0 aliphatic carbocycles. The quantitative estimate of drug-likeness (QED) is 0.690. The second-order valence-corrected chi connectivity index (χ2v) is 8.63. The topological polar surface area (TPSA) is 79.5 Å². The summed E-state index contributed by atoms with van der Waals surface area (Å²) < 4.78 is 32.5. The van der Waals surface area contributed by atoms with Crippen LogP contribution in [0.2, 0.25) is 0 Å². The third-order valence-electron chi connectivity index (χ3n) is 4.97. The van der Waals surface area contributed by atoms with Crippen LogP contribution in [-0.4, -0.2) is 37.3 Å². The van der Waals surface area contributed by atoms with Crippen molar-refractivity contribution in [2.45, 2.75) is 18.2 Å². The van der Waals surface area contributed by atoms with Gasteiger partial charge in [-0.3, -0.25) is 4.31 Å². The van der Waals surface area contributed by atoms with Crippen molar-refractivity contribution < 1.29 is 17.9 Å². The van der Waals surface area contributed by atoms with Crippen molar-refractivity contribution in [2.24, 2.45) is 0 Å². The van der Waals surface area contributed by atoms with Gasteiger partial charge in [0, 0.05) is 23.6 Å². The van der Waals surface area contributed by atoms with Gasteiger partial charge in [-0.2, -0.15) is 0 Å². The van der Waals surface area contributed by atoms with E-state index < -0.39 is 16.0 Å². The highest BCUT2D eigenvalue weighted by molar-refractivity contribution is 7.89. The summed E-state index contributed by atoms with van der Waals surface area (Å²) >= 11 is 0. The number of methoxy groups -OCH3 is 1. The summed E-state index contributed by atoms with van der Waals surface area (Å²) in [5.74, 6) is -0.584. The van der Waals surface area contributed by atoms with Crippen molar-refractivity contribution in [2.75, 3.05) is 13.7 Å². The van der Waals surface area contributed by atoms with Gasteiger partial charge in [0.1, 0.15) is 5.57 Å². The van der Waals surface area contributed by atoms with Crippen molar-refractivity contribution in [3.63, 3.8) is 0 Å². The summed E-state index contributed by atoms with van der Waals surface area (Å²) in [6, 6.07) is 14.4. The van der Waals surface area contributed by atoms with Gasteiger partial charge in [0.25, 0.3) is 10.0 Å². The van der Waals surface area contributed by atoms with E-state index in [1.807, 2.05) is 31.2 Å². The lowest BCUT2D eigenvalue weighted by molar-refractivity contribution is -0.133. The molecule has 0 saturated heterocycles. The Morgan fingerprint density at radius 3 is 2.54 bits per heavy atom. The van der Waals surface area contributed by atoms with Crippen LogP contribution in [-0.2, 0) is 26.0 Å². The van der Waals surface area contributed by atoms with E-state index in [4.69, 9.17) is 4.74 Å². The van der Waals surface area contributed by atoms with Crippen LogP contribution in [0.15, 0.2) is 59.6 Å². The smallest absolute Gasteiger partial charge is 0.341 e. The first kappa shape index (κ1) is 18.3. The largest absolute Gasteiger partial charge is 0.465 e. The van der Waals surface area contributed by atoms with Gasteiger partial charge < -0.3 is 9.72 Å². The number of sulfonamides is 1. The molecule has 0 fully saturated rings. The Balaban J connectivity index is 1.85. The van der Waals surface area contributed by atoms with Gasteiger partial charge in [-0.15, -0.1) is 0 Å². The molecule has 4 rings (SSSR count). The highest BCUT2D eigenvalue weighted by Gasteiger charge is 2.30. The van der Waals surface area contributed by atoms with Gasteiger partial charge in [-0.25, -0.2) is 13.2 Å². The van der Waals surface area contributed by atoms with Crippen molar-refractivity contribution in [3.05, 3.63) is 71.6 Å². The van der Waals surface area contributed by atoms with Gasteiger partial charge in [0.2, 0.25) is 0 Å². The minimum atomic E-state index is -3.79. The number of fused-ring (bicyclic) bond motifs is 3. The number of nitrogens with one attached hydrogen (secondary N) is 1. The Bertz CT molecular complexity index is 1190. The van der Waals surface area contributed by atoms with Crippen LogP contribution < -0.4 is 0 Å². The fraction of sp³-hybridized carbons (Fsp3) is 0.190. The minimum Gasteiger partial charge on any atom is -0.465 e. The Hall–Kier alpha value is -3.06. The minimum absolute atomic E-state index is 0.189. The highest BCUT2D eigenvalue weighted by Crippen LogP contribution is 2.32. The molecular weight excluding hydrogens is 376 g/mol. The number of ether oxygens (including phenoxy) is 1. The van der Waals surface area contributed by atoms with E-state index in [-0.39, 0.29) is 17.0 Å². The first-order valence-electron chi connectivity index (χ1n) is 8.90. The summed E-state index contributed by atoms with van der Waals surface area (Å²) in [4.78, 5) is 15.9. The van der Waals surface area contributed by atoms with Gasteiger partial charge in [-0.05, 0) is 37.1 Å². The number of carbonyl (C=O) groups excluding carboxylic acids is 1. The van der Waals surface area contributed by atoms with E-state index in [0.717, 1.165) is 22.0 Å². The van der Waals surface area contributed by atoms with Gasteiger partial charge >= 0.3 is 5.97 Å². The molecule has 6 nitrogen and oxygen atoms in total. The predicted octanol–water partition coefficient (Wildman–Crippen LogP) is 3.24. The van der Waals surface area contributed by atoms with Crippen LogP contribution in [0.1, 0.15) is 16.8 Å². The fourth-order valence-electron chi connectivity index (χ4n) is 3.48. The number of carbonyl (C=O) groups is 1. The molecule has 1 aromatic heterocycles. The molecule has 2 heterocycles. The maximum absolute atomic E-state index is 13.2. The number of rotatable bonds is 3. The molecule has 0 atom stereocenters. The van der Waals surface area contributed by atoms with Crippen molar-refractivity contribution in [1.82, 2.24) is 9.29 Å². The van der Waals surface area contributed by atoms with Crippen LogP contribution in [0.25, 0.3) is 16.5 Å². The molecule has 0 spiro atoms. The molecule has 0 bridgehead atoms. The number of aryl methyl sites for hydroxylation is 1. The van der Waals surface area contributed by atoms with Crippen molar-refractivity contribution in [1.29, 1.82) is 0 Å². The van der Waals surface area contributed by atoms with E-state index in [1.54, 1.807) is 24.3 Å². The first-order chi connectivity index (χ1) is 13.4. The molecule has 1 aliphatic rings. The van der Waals surface area contributed by atoms with E-state index in [9.17, 15) is 13.2 Å². The fourth-order valence-corrected chi connectivity index (χ4v) is 4.81. The average Bonchev–Trinajstić information content (AvgIpc) is 2.94. The van der Waals surface area contributed by atoms with Gasteiger partial charge in [0.05, 0.1) is 17.7 Å². The molecule has 1 aliphatic heterocycles. The summed E-state index contributed by atoms with van der Waals surface area (Å²) in [5.41, 5.74) is 3.59. The molecule has 144 valence electrons. The molecule has 3 aromatic rings. The summed E-state index contributed by atoms with van der Waals surface area (Å²) in [6.07, 6.45) is 1.85. The lowest BCUT2D eigenvalue weighted by Gasteiger charge is -2.20. The Kier molecular flexibility index (Phi) is 4.47. The molecule has 0 amide bonds. The maximum atomic E-state index is 13.2. The van der Waals surface area contributed by atoms with Crippen molar-refractivity contribution in [3.8, 4) is 0 Å². The zero-order valence-electron chi connectivity index (χ0n) is 15.6. The van der Waals surface area contributed by atoms with Gasteiger partial charge in [0.15, 0.2) is 0 Å². The summed E-state index contributed by atoms with van der Waals surface area (Å²) in [6.45, 7) is 2.13. The third-order valence-corrected chi connectivity index (χ3v) is 6.74. The molecule has 0 radical (unpaired) electrons. The molecule has 28 heavy (non-hydrogen) atoms. The standard InChI is InChI=1S/C21H20N2O4S/c1-14-7-9-15(10-8-14)28(25,26)23-12-11-17-16-5-3-4-6-19(16)22-20(17)18(13-23)21(24)27-2/h3-10,13,22H,11-12H2,1-2H3. The summed E-state index contributed by atoms with van der Waals surface area (Å²) in [5, 5.41) is 0.974. The third kappa shape index (κ3) is 2.97. The van der Waals surface area contributed by atoms with Crippen LogP contribution in [0.5, 0.6) is 0 Å². The van der Waals surface area contributed by atoms with Crippen LogP contribution in [0.3, 0.4) is 0 Å². The number of nitrogens with zero attached hydrogens (tertiary/aromatic N) is 1. The number of aromatic nitrogens is 1. The van der Waals surface area contributed by atoms with Crippen LogP contribution >= 0.6 is 0 Å². The average molecular weight is 396 g/mol. The summed E-state index contributed by atoms with van der Waals surface area (Å²) in [7, 11) is -2.50. The van der Waals surface area contributed by atoms with Crippen LogP contribution in [0, 0.1) is 6.92 Å². The van der Waals surface area contributed by atoms with Crippen LogP contribution in [0.4, 0.5) is 0 Å². The first-order valence-corrected chi connectivity index (χ1v) is 10.3. The number of hydrogen-bond acceptors (Lipinski definition) is 4. The molecule has 7 heteroatoms. The Labute approximate surface area is 163 Å². The zero-order chi connectivity index (χ0) is 19.9. The number of benzene rings is 2. The lowest BCUT2D eigenvalue weighted by atomic mass is 10.0. The van der Waals surface area contributed by atoms with Gasteiger partial charge in [-0.1, -0.05) is 35.9 Å². The number of aromatic amines is 1. The highest BCUT2D eigenvalue weighted by atomic mass is 32.2. The second-order valence-electron chi connectivity index (χ2n) is 6.74. The SMILES string of the molecule is COC(=O)C1=CN(S(=O)(=O)c2ccc(C)cc2)CCc2c1[nH]c1ccccc21. The van der Waals surface area contributed by atoms with Crippen molar-refractivity contribution >= 4 is 32.5 Å². The Morgan fingerprint density at radius 2 is 1.82 bits per heavy atom. The number of H-pyrrole nitrogens is 1. The number of para-hydroxylation sites is 1. The molecule has 2 aromatic carbocycles. The van der Waals surface area contributed by atoms with E-state index in [2.05, 4.69) is 4.98 Å². The normalized spacial score (nSPS) is 14.4. The van der Waals surface area contributed by atoms with E-state index in [1.165, 1.54) is 17.6 Å². The van der Waals surface area contributed by atoms with E-state index >= 15 is 0 Å². The molecule has 0 unspecified atom stereocenters. The predicted molar refractivity (Wildman–Crippen MR) is 107 cm³/mol. The Morgan fingerprint density at radius 1 is 1.11 bits per heavy atom. The molecule has 0 saturated carbocycles. The monoisotopic (exact) mass is 396 g/mol. The molecular formula is C21H20N2O4S. The number of esters is 1. The van der Waals surface area contributed by atoms with E-state index in [0.29, 0.717) is 12.1 Å². The zero-order valence-corrected chi connectivity index (χ0v) is 16.4. The second kappa shape index (κ2) is 6.83. The lowest BCUT2D eigenvalue weighted by Crippen LogP contribution is -2.28. The molecule has 1 N–H and O–H groups in total.